The Labute approximate surface area is 97.3 Å². The lowest BCUT2D eigenvalue weighted by Crippen LogP contribution is -1.86. The van der Waals surface area contributed by atoms with Crippen LogP contribution in [0.5, 0.6) is 0 Å². The summed E-state index contributed by atoms with van der Waals surface area (Å²) in [4.78, 5) is 4.26. The molecule has 0 saturated carbocycles. The summed E-state index contributed by atoms with van der Waals surface area (Å²) in [6.45, 7) is 0.307. The van der Waals surface area contributed by atoms with Gasteiger partial charge in [0.05, 0.1) is 5.03 Å². The molecule has 1 rings (SSSR count). The van der Waals surface area contributed by atoms with Gasteiger partial charge >= 0.3 is 0 Å². The minimum absolute atomic E-state index is 0.307. The van der Waals surface area contributed by atoms with E-state index in [9.17, 15) is 0 Å². The molecule has 78 valence electrons. The van der Waals surface area contributed by atoms with Crippen molar-refractivity contribution in [3.05, 3.63) is 22.8 Å². The van der Waals surface area contributed by atoms with Crippen LogP contribution >= 0.6 is 27.7 Å². The smallest absolute Gasteiger partial charge is 0.0960 e. The van der Waals surface area contributed by atoms with Gasteiger partial charge in [-0.2, -0.15) is 0 Å². The summed E-state index contributed by atoms with van der Waals surface area (Å²) in [7, 11) is 0. The summed E-state index contributed by atoms with van der Waals surface area (Å²) >= 11 is 5.11. The van der Waals surface area contributed by atoms with Gasteiger partial charge < -0.3 is 5.11 Å². The Balaban J connectivity index is 2.15. The van der Waals surface area contributed by atoms with Crippen LogP contribution in [0.2, 0.25) is 0 Å². The number of halogens is 1. The Hall–Kier alpha value is -0.0600. The van der Waals surface area contributed by atoms with E-state index in [2.05, 4.69) is 20.9 Å². The second kappa shape index (κ2) is 7.26. The molecule has 1 heterocycles. The summed E-state index contributed by atoms with van der Waals surface area (Å²) in [5.74, 6) is 1.08. The predicted molar refractivity (Wildman–Crippen MR) is 63.6 cm³/mol. The number of aromatic nitrogens is 1. The van der Waals surface area contributed by atoms with Gasteiger partial charge in [-0.15, -0.1) is 11.8 Å². The predicted octanol–water partition coefficient (Wildman–Crippen LogP) is 3.10. The average Bonchev–Trinajstić information content (AvgIpc) is 2.21. The van der Waals surface area contributed by atoms with E-state index >= 15 is 0 Å². The fourth-order valence-corrected chi connectivity index (χ4v) is 2.10. The fourth-order valence-electron chi connectivity index (χ4n) is 1.02. The van der Waals surface area contributed by atoms with E-state index in [-0.39, 0.29) is 0 Å². The highest BCUT2D eigenvalue weighted by Gasteiger charge is 1.95. The Morgan fingerprint density at radius 3 is 2.79 bits per heavy atom. The fraction of sp³-hybridized carbons (Fsp3) is 0.500. The van der Waals surface area contributed by atoms with Gasteiger partial charge in [0, 0.05) is 17.3 Å². The zero-order chi connectivity index (χ0) is 10.2. The van der Waals surface area contributed by atoms with Crippen LogP contribution in [-0.4, -0.2) is 22.5 Å². The molecule has 0 spiro atoms. The molecule has 0 amide bonds. The Morgan fingerprint density at radius 2 is 2.14 bits per heavy atom. The number of nitrogens with zero attached hydrogens (tertiary/aromatic N) is 1. The molecule has 14 heavy (non-hydrogen) atoms. The molecule has 0 radical (unpaired) electrons. The molecule has 1 N–H and O–H groups in total. The zero-order valence-corrected chi connectivity index (χ0v) is 10.4. The van der Waals surface area contributed by atoms with Gasteiger partial charge in [-0.25, -0.2) is 4.98 Å². The van der Waals surface area contributed by atoms with Crippen molar-refractivity contribution in [2.75, 3.05) is 12.4 Å². The van der Waals surface area contributed by atoms with Crippen LogP contribution in [-0.2, 0) is 0 Å². The molecule has 0 bridgehead atoms. The van der Waals surface area contributed by atoms with Crippen molar-refractivity contribution in [2.24, 2.45) is 0 Å². The summed E-state index contributed by atoms with van der Waals surface area (Å²) in [5.41, 5.74) is 0. The Kier molecular flexibility index (Phi) is 6.23. The molecule has 1 aromatic rings. The molecule has 0 unspecified atom stereocenters. The molecular formula is C10H14BrNOS. The lowest BCUT2D eigenvalue weighted by molar-refractivity contribution is 0.284. The van der Waals surface area contributed by atoms with Crippen molar-refractivity contribution in [3.63, 3.8) is 0 Å². The number of hydrogen-bond donors (Lipinski definition) is 1. The van der Waals surface area contributed by atoms with E-state index in [1.807, 2.05) is 18.3 Å². The topological polar surface area (TPSA) is 33.1 Å². The molecule has 0 saturated heterocycles. The first kappa shape index (κ1) is 12.0. The van der Waals surface area contributed by atoms with Crippen LogP contribution in [0.25, 0.3) is 0 Å². The van der Waals surface area contributed by atoms with Crippen LogP contribution in [0, 0.1) is 0 Å². The zero-order valence-electron chi connectivity index (χ0n) is 7.95. The molecule has 0 aromatic carbocycles. The van der Waals surface area contributed by atoms with Gasteiger partial charge in [-0.1, -0.05) is 6.42 Å². The van der Waals surface area contributed by atoms with Crippen LogP contribution < -0.4 is 0 Å². The standard InChI is InChI=1S/C10H14BrNOS/c11-9-4-5-10(12-8-9)14-7-3-1-2-6-13/h4-5,8,13H,1-3,6-7H2. The van der Waals surface area contributed by atoms with Gasteiger partial charge in [-0.05, 0) is 46.7 Å². The largest absolute Gasteiger partial charge is 0.396 e. The highest BCUT2D eigenvalue weighted by Crippen LogP contribution is 2.18. The maximum absolute atomic E-state index is 8.59. The molecule has 0 aliphatic heterocycles. The summed E-state index contributed by atoms with van der Waals surface area (Å²) in [6, 6.07) is 4.02. The van der Waals surface area contributed by atoms with Crippen LogP contribution in [0.3, 0.4) is 0 Å². The van der Waals surface area contributed by atoms with Crippen molar-refractivity contribution >= 4 is 27.7 Å². The van der Waals surface area contributed by atoms with Gasteiger partial charge in [0.2, 0.25) is 0 Å². The summed E-state index contributed by atoms with van der Waals surface area (Å²) in [6.07, 6.45) is 4.97. The monoisotopic (exact) mass is 275 g/mol. The van der Waals surface area contributed by atoms with Crippen LogP contribution in [0.1, 0.15) is 19.3 Å². The summed E-state index contributed by atoms with van der Waals surface area (Å²) in [5, 5.41) is 9.66. The maximum Gasteiger partial charge on any atom is 0.0960 e. The second-order valence-electron chi connectivity index (χ2n) is 2.95. The Morgan fingerprint density at radius 1 is 1.29 bits per heavy atom. The van der Waals surface area contributed by atoms with Crippen molar-refractivity contribution in [1.29, 1.82) is 0 Å². The van der Waals surface area contributed by atoms with E-state index < -0.39 is 0 Å². The van der Waals surface area contributed by atoms with Crippen molar-refractivity contribution in [1.82, 2.24) is 4.98 Å². The maximum atomic E-state index is 8.59. The molecule has 0 aliphatic carbocycles. The molecule has 0 aliphatic rings. The van der Waals surface area contributed by atoms with Crippen LogP contribution in [0.15, 0.2) is 27.8 Å². The first-order valence-corrected chi connectivity index (χ1v) is 6.46. The first-order chi connectivity index (χ1) is 6.83. The normalized spacial score (nSPS) is 10.4. The lowest BCUT2D eigenvalue weighted by atomic mass is 10.3. The number of pyridine rings is 1. The van der Waals surface area contributed by atoms with Crippen LogP contribution in [0.4, 0.5) is 0 Å². The summed E-state index contributed by atoms with van der Waals surface area (Å²) < 4.78 is 1.02. The number of rotatable bonds is 6. The number of aliphatic hydroxyl groups excluding tert-OH is 1. The number of aliphatic hydroxyl groups is 1. The highest BCUT2D eigenvalue weighted by atomic mass is 79.9. The van der Waals surface area contributed by atoms with Crippen molar-refractivity contribution in [2.45, 2.75) is 24.3 Å². The molecule has 2 nitrogen and oxygen atoms in total. The average molecular weight is 276 g/mol. The van der Waals surface area contributed by atoms with Gasteiger partial charge in [-0.3, -0.25) is 0 Å². The van der Waals surface area contributed by atoms with E-state index in [1.165, 1.54) is 0 Å². The van der Waals surface area contributed by atoms with Gasteiger partial charge in [0.1, 0.15) is 0 Å². The van der Waals surface area contributed by atoms with Crippen molar-refractivity contribution < 1.29 is 5.11 Å². The quantitative estimate of drug-likeness (QED) is 0.640. The minimum atomic E-state index is 0.307. The Bertz CT molecular complexity index is 253. The third-order valence-corrected chi connectivity index (χ3v) is 3.25. The van der Waals surface area contributed by atoms with Gasteiger partial charge in [0.15, 0.2) is 0 Å². The second-order valence-corrected chi connectivity index (χ2v) is 4.98. The number of hydrogen-bond acceptors (Lipinski definition) is 3. The molecule has 1 aromatic heterocycles. The molecule has 0 fully saturated rings. The molecular weight excluding hydrogens is 262 g/mol. The SMILES string of the molecule is OCCCCCSc1ccc(Br)cn1. The third kappa shape index (κ3) is 4.98. The third-order valence-electron chi connectivity index (χ3n) is 1.75. The number of unbranched alkanes of at least 4 members (excludes halogenated alkanes) is 2. The van der Waals surface area contributed by atoms with Gasteiger partial charge in [0.25, 0.3) is 0 Å². The van der Waals surface area contributed by atoms with E-state index in [4.69, 9.17) is 5.11 Å². The van der Waals surface area contributed by atoms with E-state index in [0.717, 1.165) is 34.5 Å². The minimum Gasteiger partial charge on any atom is -0.396 e. The first-order valence-electron chi connectivity index (χ1n) is 4.68. The lowest BCUT2D eigenvalue weighted by Gasteiger charge is -2.00. The molecule has 4 heteroatoms. The molecule has 0 atom stereocenters. The van der Waals surface area contributed by atoms with Crippen molar-refractivity contribution in [3.8, 4) is 0 Å². The number of thioether (sulfide) groups is 1. The highest BCUT2D eigenvalue weighted by molar-refractivity contribution is 9.10. The van der Waals surface area contributed by atoms with E-state index in [0.29, 0.717) is 6.61 Å². The van der Waals surface area contributed by atoms with E-state index in [1.54, 1.807) is 11.8 Å².